The smallest absolute Gasteiger partial charge is 0.341 e. The molecule has 1 aromatic carbocycles. The van der Waals surface area contributed by atoms with Gasteiger partial charge in [0.2, 0.25) is 0 Å². The highest BCUT2D eigenvalue weighted by atomic mass is 35.5. The number of rotatable bonds is 4. The van der Waals surface area contributed by atoms with Gasteiger partial charge in [0.25, 0.3) is 0 Å². The van der Waals surface area contributed by atoms with Crippen LogP contribution in [-0.2, 0) is 4.74 Å². The van der Waals surface area contributed by atoms with Crippen LogP contribution in [0.2, 0.25) is 5.02 Å². The van der Waals surface area contributed by atoms with E-state index in [4.69, 9.17) is 16.3 Å². The Morgan fingerprint density at radius 3 is 2.95 bits per heavy atom. The summed E-state index contributed by atoms with van der Waals surface area (Å²) in [6, 6.07) is 4.47. The van der Waals surface area contributed by atoms with E-state index < -0.39 is 10.9 Å². The Bertz CT molecular complexity index is 668. The zero-order valence-corrected chi connectivity index (χ0v) is 11.2. The van der Waals surface area contributed by atoms with E-state index in [9.17, 15) is 14.9 Å². The SMILES string of the molecule is CCOC(=O)c1cnn(-c2cccc(Cl)c2[N+](=O)[O-])c1. The van der Waals surface area contributed by atoms with Crippen molar-refractivity contribution < 1.29 is 14.5 Å². The third-order valence-electron chi connectivity index (χ3n) is 2.49. The molecule has 2 aromatic rings. The molecular formula is C12H10ClN3O4. The molecule has 0 aliphatic rings. The Kier molecular flexibility index (Phi) is 3.99. The van der Waals surface area contributed by atoms with E-state index in [1.807, 2.05) is 0 Å². The van der Waals surface area contributed by atoms with Crippen molar-refractivity contribution in [1.82, 2.24) is 9.78 Å². The third kappa shape index (κ3) is 2.62. The maximum Gasteiger partial charge on any atom is 0.341 e. The van der Waals surface area contributed by atoms with Gasteiger partial charge in [-0.1, -0.05) is 17.7 Å². The summed E-state index contributed by atoms with van der Waals surface area (Å²) in [7, 11) is 0. The van der Waals surface area contributed by atoms with Crippen LogP contribution in [0.5, 0.6) is 0 Å². The largest absolute Gasteiger partial charge is 0.462 e. The zero-order chi connectivity index (χ0) is 14.7. The first-order chi connectivity index (χ1) is 9.54. The molecule has 2 rings (SSSR count). The number of carbonyl (C=O) groups excluding carboxylic acids is 1. The summed E-state index contributed by atoms with van der Waals surface area (Å²) in [5.74, 6) is -0.538. The lowest BCUT2D eigenvalue weighted by atomic mass is 10.2. The van der Waals surface area contributed by atoms with E-state index in [0.29, 0.717) is 0 Å². The number of hydrogen-bond donors (Lipinski definition) is 0. The summed E-state index contributed by atoms with van der Waals surface area (Å²) >= 11 is 5.82. The van der Waals surface area contributed by atoms with Crippen molar-refractivity contribution >= 4 is 23.3 Å². The second kappa shape index (κ2) is 5.70. The molecular weight excluding hydrogens is 286 g/mol. The van der Waals surface area contributed by atoms with Crippen LogP contribution in [0, 0.1) is 10.1 Å². The fourth-order valence-corrected chi connectivity index (χ4v) is 1.88. The lowest BCUT2D eigenvalue weighted by Crippen LogP contribution is -2.04. The molecule has 0 fully saturated rings. The summed E-state index contributed by atoms with van der Waals surface area (Å²) in [6.45, 7) is 1.92. The number of benzene rings is 1. The van der Waals surface area contributed by atoms with Crippen LogP contribution in [0.1, 0.15) is 17.3 Å². The predicted molar refractivity (Wildman–Crippen MR) is 71.2 cm³/mol. The van der Waals surface area contributed by atoms with Gasteiger partial charge in [0.05, 0.1) is 23.3 Å². The number of aromatic nitrogens is 2. The van der Waals surface area contributed by atoms with Gasteiger partial charge in [-0.2, -0.15) is 5.10 Å². The number of esters is 1. The molecule has 7 nitrogen and oxygen atoms in total. The number of halogens is 1. The average molecular weight is 296 g/mol. The molecule has 0 atom stereocenters. The number of nitro benzene ring substituents is 1. The number of hydrogen-bond acceptors (Lipinski definition) is 5. The predicted octanol–water partition coefficient (Wildman–Crippen LogP) is 2.61. The summed E-state index contributed by atoms with van der Waals surface area (Å²) in [5, 5.41) is 15.0. The molecule has 1 aromatic heterocycles. The van der Waals surface area contributed by atoms with Crippen molar-refractivity contribution in [2.75, 3.05) is 6.61 Å². The lowest BCUT2D eigenvalue weighted by molar-refractivity contribution is -0.384. The van der Waals surface area contributed by atoms with E-state index in [0.717, 1.165) is 0 Å². The monoisotopic (exact) mass is 295 g/mol. The van der Waals surface area contributed by atoms with Crippen molar-refractivity contribution in [1.29, 1.82) is 0 Å². The highest BCUT2D eigenvalue weighted by molar-refractivity contribution is 6.33. The number of para-hydroxylation sites is 1. The van der Waals surface area contributed by atoms with Crippen LogP contribution < -0.4 is 0 Å². The fraction of sp³-hybridized carbons (Fsp3) is 0.167. The van der Waals surface area contributed by atoms with Crippen molar-refractivity contribution in [3.05, 3.63) is 51.3 Å². The van der Waals surface area contributed by atoms with Gasteiger partial charge >= 0.3 is 11.7 Å². The number of carbonyl (C=O) groups is 1. The normalized spacial score (nSPS) is 10.3. The van der Waals surface area contributed by atoms with Gasteiger partial charge in [-0.15, -0.1) is 0 Å². The molecule has 0 N–H and O–H groups in total. The molecule has 0 aliphatic carbocycles. The number of nitrogens with zero attached hydrogens (tertiary/aromatic N) is 3. The van der Waals surface area contributed by atoms with Crippen LogP contribution in [-0.4, -0.2) is 27.3 Å². The first-order valence-electron chi connectivity index (χ1n) is 5.69. The van der Waals surface area contributed by atoms with Crippen LogP contribution >= 0.6 is 11.6 Å². The van der Waals surface area contributed by atoms with E-state index in [1.54, 1.807) is 13.0 Å². The lowest BCUT2D eigenvalue weighted by Gasteiger charge is -2.03. The minimum atomic E-state index is -0.594. The first kappa shape index (κ1) is 14.0. The molecule has 0 amide bonds. The molecule has 20 heavy (non-hydrogen) atoms. The van der Waals surface area contributed by atoms with Crippen LogP contribution in [0.25, 0.3) is 5.69 Å². The fourth-order valence-electron chi connectivity index (χ4n) is 1.64. The first-order valence-corrected chi connectivity index (χ1v) is 6.07. The third-order valence-corrected chi connectivity index (χ3v) is 2.79. The van der Waals surface area contributed by atoms with Crippen molar-refractivity contribution in [2.45, 2.75) is 6.92 Å². The van der Waals surface area contributed by atoms with E-state index in [-0.39, 0.29) is 28.6 Å². The Morgan fingerprint density at radius 2 is 2.30 bits per heavy atom. The van der Waals surface area contributed by atoms with Gasteiger partial charge in [-0.05, 0) is 19.1 Å². The van der Waals surface area contributed by atoms with E-state index in [1.165, 1.54) is 29.2 Å². The number of ether oxygens (including phenoxy) is 1. The number of nitro groups is 1. The van der Waals surface area contributed by atoms with Gasteiger partial charge in [0.15, 0.2) is 0 Å². The van der Waals surface area contributed by atoms with Gasteiger partial charge in [-0.25, -0.2) is 9.48 Å². The average Bonchev–Trinajstić information content (AvgIpc) is 2.87. The molecule has 8 heteroatoms. The summed E-state index contributed by atoms with van der Waals surface area (Å²) in [5.41, 5.74) is 0.117. The Morgan fingerprint density at radius 1 is 1.55 bits per heavy atom. The Hall–Kier alpha value is -2.41. The standard InChI is InChI=1S/C12H10ClN3O4/c1-2-20-12(17)8-6-14-15(7-8)10-5-3-4-9(13)11(10)16(18)19/h3-7H,2H2,1H3. The van der Waals surface area contributed by atoms with Gasteiger partial charge < -0.3 is 4.74 Å². The van der Waals surface area contributed by atoms with E-state index >= 15 is 0 Å². The van der Waals surface area contributed by atoms with Crippen molar-refractivity contribution in [3.63, 3.8) is 0 Å². The van der Waals surface area contributed by atoms with Gasteiger partial charge in [-0.3, -0.25) is 10.1 Å². The minimum Gasteiger partial charge on any atom is -0.462 e. The molecule has 0 unspecified atom stereocenters. The topological polar surface area (TPSA) is 87.3 Å². The summed E-state index contributed by atoms with van der Waals surface area (Å²) in [6.07, 6.45) is 2.64. The van der Waals surface area contributed by atoms with Gasteiger partial charge in [0, 0.05) is 6.20 Å². The molecule has 0 aliphatic heterocycles. The quantitative estimate of drug-likeness (QED) is 0.491. The van der Waals surface area contributed by atoms with Gasteiger partial charge in [0.1, 0.15) is 10.7 Å². The Labute approximate surface area is 118 Å². The van der Waals surface area contributed by atoms with E-state index in [2.05, 4.69) is 5.10 Å². The second-order valence-corrected chi connectivity index (χ2v) is 4.17. The maximum atomic E-state index is 11.5. The second-order valence-electron chi connectivity index (χ2n) is 3.76. The van der Waals surface area contributed by atoms with Crippen molar-refractivity contribution in [3.8, 4) is 5.69 Å². The van der Waals surface area contributed by atoms with Crippen LogP contribution in [0.15, 0.2) is 30.6 Å². The molecule has 0 saturated heterocycles. The molecule has 0 spiro atoms. The molecule has 1 heterocycles. The summed E-state index contributed by atoms with van der Waals surface area (Å²) < 4.78 is 6.04. The van der Waals surface area contributed by atoms with Crippen molar-refractivity contribution in [2.24, 2.45) is 0 Å². The van der Waals surface area contributed by atoms with Crippen LogP contribution in [0.4, 0.5) is 5.69 Å². The van der Waals surface area contributed by atoms with Crippen LogP contribution in [0.3, 0.4) is 0 Å². The molecule has 0 saturated carbocycles. The summed E-state index contributed by atoms with van der Waals surface area (Å²) in [4.78, 5) is 22.0. The zero-order valence-electron chi connectivity index (χ0n) is 10.4. The highest BCUT2D eigenvalue weighted by Crippen LogP contribution is 2.30. The molecule has 0 radical (unpaired) electrons. The Balaban J connectivity index is 2.45. The molecule has 104 valence electrons. The molecule has 0 bridgehead atoms. The minimum absolute atomic E-state index is 0.000634. The maximum absolute atomic E-state index is 11.5. The highest BCUT2D eigenvalue weighted by Gasteiger charge is 2.21.